The Bertz CT molecular complexity index is 509. The smallest absolute Gasteiger partial charge is 0.231 e. The summed E-state index contributed by atoms with van der Waals surface area (Å²) in [4.78, 5) is 5.66. The Morgan fingerprint density at radius 1 is 1.47 bits per heavy atom. The molecule has 102 valence electrons. The summed E-state index contributed by atoms with van der Waals surface area (Å²) in [5.74, 6) is 1.91. The van der Waals surface area contributed by atoms with E-state index in [-0.39, 0.29) is 0 Å². The average Bonchev–Trinajstić information content (AvgIpc) is 3.14. The number of thiophene rings is 1. The summed E-state index contributed by atoms with van der Waals surface area (Å²) in [6, 6.07) is 4.54. The van der Waals surface area contributed by atoms with Crippen LogP contribution in [0.5, 0.6) is 0 Å². The van der Waals surface area contributed by atoms with E-state index in [1.54, 1.807) is 11.3 Å². The van der Waals surface area contributed by atoms with Gasteiger partial charge < -0.3 is 9.84 Å². The minimum atomic E-state index is 0.382. The van der Waals surface area contributed by atoms with Crippen molar-refractivity contribution in [2.75, 3.05) is 6.54 Å². The highest BCUT2D eigenvalue weighted by Gasteiger charge is 2.32. The summed E-state index contributed by atoms with van der Waals surface area (Å²) in [5, 5.41) is 9.75. The minimum Gasteiger partial charge on any atom is -0.339 e. The molecule has 0 radical (unpaired) electrons. The summed E-state index contributed by atoms with van der Waals surface area (Å²) >= 11 is 1.65. The van der Waals surface area contributed by atoms with Gasteiger partial charge in [0.1, 0.15) is 0 Å². The Kier molecular flexibility index (Phi) is 3.94. The SMILES string of the molecule is CCCNC1CCCC1c1nc(-c2cccs2)no1. The van der Waals surface area contributed by atoms with Crippen molar-refractivity contribution in [1.82, 2.24) is 15.5 Å². The summed E-state index contributed by atoms with van der Waals surface area (Å²) in [5.41, 5.74) is 0. The highest BCUT2D eigenvalue weighted by Crippen LogP contribution is 2.35. The van der Waals surface area contributed by atoms with Gasteiger partial charge in [0.15, 0.2) is 0 Å². The molecule has 1 N–H and O–H groups in total. The molecule has 0 aromatic carbocycles. The number of rotatable bonds is 5. The fourth-order valence-electron chi connectivity index (χ4n) is 2.72. The Hall–Kier alpha value is -1.20. The summed E-state index contributed by atoms with van der Waals surface area (Å²) < 4.78 is 5.49. The van der Waals surface area contributed by atoms with Gasteiger partial charge in [-0.15, -0.1) is 11.3 Å². The molecule has 3 rings (SSSR count). The van der Waals surface area contributed by atoms with Crippen LogP contribution >= 0.6 is 11.3 Å². The van der Waals surface area contributed by atoms with Crippen LogP contribution < -0.4 is 5.32 Å². The lowest BCUT2D eigenvalue weighted by molar-refractivity contribution is 0.330. The minimum absolute atomic E-state index is 0.382. The van der Waals surface area contributed by atoms with E-state index in [2.05, 4.69) is 22.4 Å². The molecule has 1 saturated carbocycles. The Morgan fingerprint density at radius 2 is 2.42 bits per heavy atom. The van der Waals surface area contributed by atoms with Crippen LogP contribution in [0.4, 0.5) is 0 Å². The molecule has 2 atom stereocenters. The highest BCUT2D eigenvalue weighted by molar-refractivity contribution is 7.13. The molecule has 2 aromatic heterocycles. The van der Waals surface area contributed by atoms with E-state index in [9.17, 15) is 0 Å². The number of hydrogen-bond donors (Lipinski definition) is 1. The van der Waals surface area contributed by atoms with Gasteiger partial charge >= 0.3 is 0 Å². The summed E-state index contributed by atoms with van der Waals surface area (Å²) in [6.07, 6.45) is 4.76. The Balaban J connectivity index is 1.75. The van der Waals surface area contributed by atoms with Crippen molar-refractivity contribution in [3.8, 4) is 10.7 Å². The molecule has 2 unspecified atom stereocenters. The topological polar surface area (TPSA) is 51.0 Å². The Labute approximate surface area is 117 Å². The molecular weight excluding hydrogens is 258 g/mol. The van der Waals surface area contributed by atoms with Gasteiger partial charge in [0.25, 0.3) is 0 Å². The maximum absolute atomic E-state index is 5.49. The molecule has 0 spiro atoms. The largest absolute Gasteiger partial charge is 0.339 e. The molecule has 1 fully saturated rings. The van der Waals surface area contributed by atoms with Crippen LogP contribution in [0.15, 0.2) is 22.0 Å². The van der Waals surface area contributed by atoms with Crippen LogP contribution in [0.2, 0.25) is 0 Å². The van der Waals surface area contributed by atoms with E-state index < -0.39 is 0 Å². The van der Waals surface area contributed by atoms with E-state index in [0.717, 1.165) is 36.0 Å². The van der Waals surface area contributed by atoms with Crippen LogP contribution in [-0.2, 0) is 0 Å². The third-order valence-electron chi connectivity index (χ3n) is 3.67. The molecule has 0 bridgehead atoms. The lowest BCUT2D eigenvalue weighted by Crippen LogP contribution is -2.31. The quantitative estimate of drug-likeness (QED) is 0.909. The summed E-state index contributed by atoms with van der Waals surface area (Å²) in [6.45, 7) is 3.26. The second-order valence-electron chi connectivity index (χ2n) is 5.03. The van der Waals surface area contributed by atoms with E-state index >= 15 is 0 Å². The molecule has 5 heteroatoms. The predicted octanol–water partition coefficient (Wildman–Crippen LogP) is 3.43. The lowest BCUT2D eigenvalue weighted by atomic mass is 10.0. The van der Waals surface area contributed by atoms with Crippen molar-refractivity contribution in [2.24, 2.45) is 0 Å². The van der Waals surface area contributed by atoms with Crippen LogP contribution in [0, 0.1) is 0 Å². The molecule has 2 aromatic rings. The maximum atomic E-state index is 5.49. The third-order valence-corrected chi connectivity index (χ3v) is 4.54. The first-order valence-corrected chi connectivity index (χ1v) is 7.87. The van der Waals surface area contributed by atoms with Gasteiger partial charge in [0.05, 0.1) is 10.8 Å². The van der Waals surface area contributed by atoms with Gasteiger partial charge in [-0.05, 0) is 37.3 Å². The zero-order valence-electron chi connectivity index (χ0n) is 11.1. The van der Waals surface area contributed by atoms with E-state index in [0.29, 0.717) is 12.0 Å². The zero-order valence-corrected chi connectivity index (χ0v) is 11.9. The van der Waals surface area contributed by atoms with Crippen LogP contribution in [0.3, 0.4) is 0 Å². The van der Waals surface area contributed by atoms with Gasteiger partial charge in [0, 0.05) is 6.04 Å². The molecular formula is C14H19N3OS. The average molecular weight is 277 g/mol. The monoisotopic (exact) mass is 277 g/mol. The van der Waals surface area contributed by atoms with Crippen molar-refractivity contribution in [3.63, 3.8) is 0 Å². The first-order valence-electron chi connectivity index (χ1n) is 6.99. The second kappa shape index (κ2) is 5.84. The molecule has 4 nitrogen and oxygen atoms in total. The second-order valence-corrected chi connectivity index (χ2v) is 5.98. The van der Waals surface area contributed by atoms with Gasteiger partial charge in [-0.1, -0.05) is 24.6 Å². The number of nitrogens with zero attached hydrogens (tertiary/aromatic N) is 2. The van der Waals surface area contributed by atoms with Gasteiger partial charge in [-0.25, -0.2) is 0 Å². The molecule has 0 amide bonds. The molecule has 19 heavy (non-hydrogen) atoms. The van der Waals surface area contributed by atoms with Crippen LogP contribution in [-0.4, -0.2) is 22.7 Å². The summed E-state index contributed by atoms with van der Waals surface area (Å²) in [7, 11) is 0. The number of nitrogens with one attached hydrogen (secondary N) is 1. The number of hydrogen-bond acceptors (Lipinski definition) is 5. The fourth-order valence-corrected chi connectivity index (χ4v) is 3.37. The molecule has 1 aliphatic rings. The normalized spacial score (nSPS) is 23.0. The standard InChI is InChI=1S/C14H19N3OS/c1-2-8-15-11-6-3-5-10(11)14-16-13(17-18-14)12-7-4-9-19-12/h4,7,9-11,15H,2-3,5-6,8H2,1H3. The third kappa shape index (κ3) is 2.72. The van der Waals surface area contributed by atoms with Gasteiger partial charge in [0.2, 0.25) is 11.7 Å². The molecule has 0 saturated heterocycles. The fraction of sp³-hybridized carbons (Fsp3) is 0.571. The highest BCUT2D eigenvalue weighted by atomic mass is 32.1. The van der Waals surface area contributed by atoms with Crippen molar-refractivity contribution in [2.45, 2.75) is 44.6 Å². The maximum Gasteiger partial charge on any atom is 0.231 e. The predicted molar refractivity (Wildman–Crippen MR) is 76.3 cm³/mol. The first kappa shape index (κ1) is 12.8. The Morgan fingerprint density at radius 3 is 3.21 bits per heavy atom. The van der Waals surface area contributed by atoms with E-state index in [1.807, 2.05) is 17.5 Å². The zero-order chi connectivity index (χ0) is 13.1. The lowest BCUT2D eigenvalue weighted by Gasteiger charge is -2.17. The number of aromatic nitrogens is 2. The molecule has 2 heterocycles. The molecule has 0 aliphatic heterocycles. The van der Waals surface area contributed by atoms with Crippen LogP contribution in [0.25, 0.3) is 10.7 Å². The van der Waals surface area contributed by atoms with E-state index in [1.165, 1.54) is 12.8 Å². The van der Waals surface area contributed by atoms with Gasteiger partial charge in [-0.2, -0.15) is 4.98 Å². The molecule has 1 aliphatic carbocycles. The van der Waals surface area contributed by atoms with Crippen molar-refractivity contribution < 1.29 is 4.52 Å². The van der Waals surface area contributed by atoms with Gasteiger partial charge in [-0.3, -0.25) is 0 Å². The first-order chi connectivity index (χ1) is 9.38. The van der Waals surface area contributed by atoms with Crippen LogP contribution in [0.1, 0.15) is 44.4 Å². The van der Waals surface area contributed by atoms with Crippen molar-refractivity contribution >= 4 is 11.3 Å². The van der Waals surface area contributed by atoms with Crippen molar-refractivity contribution in [3.05, 3.63) is 23.4 Å². The van der Waals surface area contributed by atoms with E-state index in [4.69, 9.17) is 4.52 Å². The van der Waals surface area contributed by atoms with Crippen molar-refractivity contribution in [1.29, 1.82) is 0 Å².